The molecule has 6 atom stereocenters. The molecular weight excluding hydrogens is 448 g/mol. The highest BCUT2D eigenvalue weighted by Crippen LogP contribution is 2.58. The maximum absolute atomic E-state index is 14.2. The highest BCUT2D eigenvalue weighted by Gasteiger charge is 2.75. The van der Waals surface area contributed by atoms with Gasteiger partial charge in [0.05, 0.1) is 25.2 Å². The van der Waals surface area contributed by atoms with Crippen molar-refractivity contribution in [2.45, 2.75) is 56.5 Å². The van der Waals surface area contributed by atoms with E-state index >= 15 is 0 Å². The molecule has 4 aliphatic heterocycles. The van der Waals surface area contributed by atoms with Gasteiger partial charge in [-0.2, -0.15) is 0 Å². The molecule has 0 aromatic heterocycles. The Bertz CT molecular complexity index is 1070. The summed E-state index contributed by atoms with van der Waals surface area (Å²) in [5.41, 5.74) is -1.42. The molecule has 5 rings (SSSR count). The molecule has 0 bridgehead atoms. The molecule has 186 valence electrons. The van der Waals surface area contributed by atoms with Crippen molar-refractivity contribution >= 4 is 17.8 Å². The van der Waals surface area contributed by atoms with E-state index in [1.165, 1.54) is 4.90 Å². The van der Waals surface area contributed by atoms with Crippen molar-refractivity contribution in [3.05, 3.63) is 60.2 Å². The lowest BCUT2D eigenvalue weighted by molar-refractivity contribution is -0.163. The topological polar surface area (TPSA) is 96.4 Å². The standard InChI is InChI=1S/C27H32N2O6/c1-3-26-12-7-8-15-34-25(33)21(26)20-23(31)29(18(2)17-30)22-24(32)28(14-9-13-27(20,22)35-26)16-19-10-5-4-6-11-19/h4-7,9-13,18,20-22,30H,3,8,14-17H2,1-2H3/t18-,20+,21-,22?,26+,27+/m1/s1. The van der Waals surface area contributed by atoms with Gasteiger partial charge in [-0.25, -0.2) is 0 Å². The third kappa shape index (κ3) is 3.53. The number of rotatable bonds is 5. The van der Waals surface area contributed by atoms with E-state index in [9.17, 15) is 19.5 Å². The van der Waals surface area contributed by atoms with Crippen LogP contribution in [0.15, 0.2) is 54.6 Å². The average molecular weight is 481 g/mol. The van der Waals surface area contributed by atoms with Gasteiger partial charge in [-0.3, -0.25) is 14.4 Å². The molecule has 4 aliphatic rings. The van der Waals surface area contributed by atoms with E-state index < -0.39 is 41.1 Å². The van der Waals surface area contributed by atoms with E-state index in [-0.39, 0.29) is 25.0 Å². The second-order valence-corrected chi connectivity index (χ2v) is 9.86. The van der Waals surface area contributed by atoms with Crippen molar-refractivity contribution in [1.29, 1.82) is 0 Å². The lowest BCUT2D eigenvalue weighted by Gasteiger charge is -2.40. The Labute approximate surface area is 205 Å². The van der Waals surface area contributed by atoms with E-state index in [1.54, 1.807) is 11.8 Å². The van der Waals surface area contributed by atoms with Crippen LogP contribution in [-0.4, -0.2) is 75.7 Å². The van der Waals surface area contributed by atoms with Crippen LogP contribution in [0.2, 0.25) is 0 Å². The second-order valence-electron chi connectivity index (χ2n) is 9.86. The Morgan fingerprint density at radius 3 is 2.57 bits per heavy atom. The summed E-state index contributed by atoms with van der Waals surface area (Å²) in [7, 11) is 0. The number of aliphatic hydroxyl groups excluding tert-OH is 1. The third-order valence-electron chi connectivity index (χ3n) is 7.88. The van der Waals surface area contributed by atoms with Gasteiger partial charge < -0.3 is 24.4 Å². The maximum atomic E-state index is 14.2. The van der Waals surface area contributed by atoms with Crippen molar-refractivity contribution in [2.24, 2.45) is 11.8 Å². The summed E-state index contributed by atoms with van der Waals surface area (Å²) < 4.78 is 12.3. The molecule has 2 amide bonds. The summed E-state index contributed by atoms with van der Waals surface area (Å²) in [6.07, 6.45) is 8.51. The summed E-state index contributed by atoms with van der Waals surface area (Å²) in [6.45, 7) is 4.28. The van der Waals surface area contributed by atoms with Gasteiger partial charge in [0.1, 0.15) is 23.2 Å². The first kappa shape index (κ1) is 23.8. The molecule has 1 N–H and O–H groups in total. The number of hydrogen-bond acceptors (Lipinski definition) is 6. The van der Waals surface area contributed by atoms with Crippen LogP contribution in [0.25, 0.3) is 0 Å². The van der Waals surface area contributed by atoms with Gasteiger partial charge in [-0.1, -0.05) is 61.6 Å². The number of ether oxygens (including phenoxy) is 2. The predicted octanol–water partition coefficient (Wildman–Crippen LogP) is 1.83. The fourth-order valence-corrected chi connectivity index (χ4v) is 6.22. The summed E-state index contributed by atoms with van der Waals surface area (Å²) >= 11 is 0. The van der Waals surface area contributed by atoms with Crippen molar-refractivity contribution < 1.29 is 29.0 Å². The number of benzene rings is 1. The Hall–Kier alpha value is -2.97. The molecule has 0 radical (unpaired) electrons. The number of hydrogen-bond donors (Lipinski definition) is 1. The molecule has 1 unspecified atom stereocenters. The smallest absolute Gasteiger partial charge is 0.313 e. The van der Waals surface area contributed by atoms with Gasteiger partial charge >= 0.3 is 5.97 Å². The monoisotopic (exact) mass is 480 g/mol. The van der Waals surface area contributed by atoms with Crippen molar-refractivity contribution in [3.63, 3.8) is 0 Å². The van der Waals surface area contributed by atoms with Gasteiger partial charge in [0.2, 0.25) is 11.8 Å². The van der Waals surface area contributed by atoms with Crippen LogP contribution in [0.3, 0.4) is 0 Å². The Morgan fingerprint density at radius 1 is 1.09 bits per heavy atom. The van der Waals surface area contributed by atoms with Crippen LogP contribution in [-0.2, 0) is 30.4 Å². The van der Waals surface area contributed by atoms with E-state index in [2.05, 4.69) is 0 Å². The van der Waals surface area contributed by atoms with Crippen LogP contribution >= 0.6 is 0 Å². The van der Waals surface area contributed by atoms with Crippen LogP contribution in [0.1, 0.15) is 32.3 Å². The summed E-state index contributed by atoms with van der Waals surface area (Å²) in [6, 6.07) is 8.05. The van der Waals surface area contributed by atoms with Gasteiger partial charge in [-0.05, 0) is 25.3 Å². The van der Waals surface area contributed by atoms with Gasteiger partial charge in [0.25, 0.3) is 0 Å². The Morgan fingerprint density at radius 2 is 1.86 bits per heavy atom. The predicted molar refractivity (Wildman–Crippen MR) is 127 cm³/mol. The highest BCUT2D eigenvalue weighted by atomic mass is 16.6. The zero-order valence-electron chi connectivity index (χ0n) is 20.1. The molecule has 35 heavy (non-hydrogen) atoms. The lowest BCUT2D eigenvalue weighted by atomic mass is 9.73. The Balaban J connectivity index is 1.63. The lowest BCUT2D eigenvalue weighted by Crippen LogP contribution is -2.58. The quantitative estimate of drug-likeness (QED) is 0.510. The Kier molecular flexibility index (Phi) is 6.05. The van der Waals surface area contributed by atoms with Crippen LogP contribution in [0.4, 0.5) is 0 Å². The first-order valence-electron chi connectivity index (χ1n) is 12.4. The molecule has 1 aromatic rings. The summed E-state index contributed by atoms with van der Waals surface area (Å²) in [4.78, 5) is 44.6. The number of carbonyl (C=O) groups is 3. The molecular formula is C27H32N2O6. The highest BCUT2D eigenvalue weighted by molar-refractivity contribution is 5.99. The van der Waals surface area contributed by atoms with Gasteiger partial charge in [-0.15, -0.1) is 0 Å². The zero-order valence-corrected chi connectivity index (χ0v) is 20.1. The number of esters is 1. The van der Waals surface area contributed by atoms with Crippen LogP contribution in [0.5, 0.6) is 0 Å². The molecule has 4 heterocycles. The normalized spacial score (nSPS) is 35.1. The second kappa shape index (κ2) is 8.91. The maximum Gasteiger partial charge on any atom is 0.313 e. The van der Waals surface area contributed by atoms with E-state index in [0.29, 0.717) is 25.9 Å². The minimum absolute atomic E-state index is 0.235. The number of amides is 2. The first-order chi connectivity index (χ1) is 16.9. The third-order valence-corrected chi connectivity index (χ3v) is 7.88. The minimum Gasteiger partial charge on any atom is -0.465 e. The first-order valence-corrected chi connectivity index (χ1v) is 12.4. The van der Waals surface area contributed by atoms with Crippen LogP contribution in [0, 0.1) is 11.8 Å². The van der Waals surface area contributed by atoms with Crippen molar-refractivity contribution in [2.75, 3.05) is 19.8 Å². The minimum atomic E-state index is -1.34. The fraction of sp³-hybridized carbons (Fsp3) is 0.519. The molecule has 1 aromatic carbocycles. The van der Waals surface area contributed by atoms with Crippen LogP contribution < -0.4 is 0 Å². The number of nitrogens with zero attached hydrogens (tertiary/aromatic N) is 2. The fourth-order valence-electron chi connectivity index (χ4n) is 6.22. The van der Waals surface area contributed by atoms with E-state index in [4.69, 9.17) is 9.47 Å². The molecule has 2 fully saturated rings. The summed E-state index contributed by atoms with van der Waals surface area (Å²) in [5, 5.41) is 10.0. The molecule has 8 heteroatoms. The van der Waals surface area contributed by atoms with E-state index in [1.807, 2.05) is 61.6 Å². The van der Waals surface area contributed by atoms with Crippen molar-refractivity contribution in [3.8, 4) is 0 Å². The number of fused-ring (bicyclic) bond motifs is 2. The molecule has 1 spiro atoms. The molecule has 0 aliphatic carbocycles. The van der Waals surface area contributed by atoms with E-state index in [0.717, 1.165) is 5.56 Å². The number of likely N-dealkylation sites (tertiary alicyclic amines) is 1. The van der Waals surface area contributed by atoms with Crippen molar-refractivity contribution in [1.82, 2.24) is 9.80 Å². The van der Waals surface area contributed by atoms with Gasteiger partial charge in [0.15, 0.2) is 0 Å². The zero-order chi connectivity index (χ0) is 24.8. The summed E-state index contributed by atoms with van der Waals surface area (Å²) in [5.74, 6) is -2.90. The largest absolute Gasteiger partial charge is 0.465 e. The molecule has 2 saturated heterocycles. The molecule has 8 nitrogen and oxygen atoms in total. The number of cyclic esters (lactones) is 1. The number of aliphatic hydroxyl groups is 1. The number of carbonyl (C=O) groups excluding carboxylic acids is 3. The average Bonchev–Trinajstić information content (AvgIpc) is 3.22. The SMILES string of the molecule is CC[C@]12C=CCCOC(=O)[C@H]1[C@H]1C(=O)N([C@H](C)CO)C3C(=O)N(Cc4ccccc4)CC=C[C@@]31O2. The van der Waals surface area contributed by atoms with Gasteiger partial charge in [0, 0.05) is 13.1 Å². The molecule has 0 saturated carbocycles.